The minimum atomic E-state index is -4.59. The SMILES string of the molecule is COC(=O)N[C@H](C(=O)N1CCC[C@H]1c1nc2ccc([C@H]3CC[C@H](c4ccc5nc([C@@H]6CCCN6C(=O)[C@@H](NC(=O)OC)C(C)C)[nH]c5c4)N3c3ccc(N4CCCCC4)c(C(F)(F)F)c3)cc2[nH]1)C(C)C. The number of benzene rings is 3. The molecular formula is C52H65F3N10O6. The fourth-order valence-electron chi connectivity index (χ4n) is 11.4. The van der Waals surface area contributed by atoms with E-state index >= 15 is 13.2 Å². The van der Waals surface area contributed by atoms with Gasteiger partial charge < -0.3 is 49.7 Å². The molecule has 6 heterocycles. The molecule has 0 bridgehead atoms. The average Bonchev–Trinajstić information content (AvgIpc) is 4.22. The second kappa shape index (κ2) is 20.3. The highest BCUT2D eigenvalue weighted by Gasteiger charge is 2.42. The molecule has 9 rings (SSSR count). The quantitative estimate of drug-likeness (QED) is 0.0940. The summed E-state index contributed by atoms with van der Waals surface area (Å²) in [5.74, 6) is 0.458. The van der Waals surface area contributed by atoms with Crippen molar-refractivity contribution in [2.75, 3.05) is 50.2 Å². The number of imidazole rings is 2. The van der Waals surface area contributed by atoms with Crippen LogP contribution in [0.4, 0.5) is 34.1 Å². The molecule has 3 aromatic carbocycles. The number of carbonyl (C=O) groups excluding carboxylic acids is 4. The lowest BCUT2D eigenvalue weighted by atomic mass is 10.0. The molecule has 0 aliphatic carbocycles. The van der Waals surface area contributed by atoms with Crippen LogP contribution in [0.15, 0.2) is 54.6 Å². The molecule has 380 valence electrons. The van der Waals surface area contributed by atoms with Crippen molar-refractivity contribution in [2.45, 2.75) is 128 Å². The third-order valence-corrected chi connectivity index (χ3v) is 15.0. The zero-order valence-corrected chi connectivity index (χ0v) is 41.3. The largest absolute Gasteiger partial charge is 0.453 e. The summed E-state index contributed by atoms with van der Waals surface area (Å²) in [4.78, 5) is 76.7. The summed E-state index contributed by atoms with van der Waals surface area (Å²) < 4.78 is 55.3. The maximum atomic E-state index is 15.2. The van der Waals surface area contributed by atoms with Crippen molar-refractivity contribution in [3.63, 3.8) is 0 Å². The second-order valence-electron chi connectivity index (χ2n) is 20.2. The third-order valence-electron chi connectivity index (χ3n) is 15.0. The Morgan fingerprint density at radius 1 is 0.620 bits per heavy atom. The molecule has 4 aliphatic heterocycles. The van der Waals surface area contributed by atoms with Crippen LogP contribution in [0.1, 0.15) is 138 Å². The van der Waals surface area contributed by atoms with Gasteiger partial charge in [0.05, 0.1) is 66.0 Å². The van der Waals surface area contributed by atoms with Gasteiger partial charge in [-0.05, 0) is 123 Å². The first-order valence-corrected chi connectivity index (χ1v) is 25.1. The van der Waals surface area contributed by atoms with Gasteiger partial charge in [0.25, 0.3) is 0 Å². The minimum Gasteiger partial charge on any atom is -0.453 e. The van der Waals surface area contributed by atoms with E-state index in [1.165, 1.54) is 20.3 Å². The topological polar surface area (TPSA) is 181 Å². The number of hydrogen-bond donors (Lipinski definition) is 4. The second-order valence-corrected chi connectivity index (χ2v) is 20.2. The first-order valence-electron chi connectivity index (χ1n) is 25.1. The summed E-state index contributed by atoms with van der Waals surface area (Å²) in [6, 6.07) is 13.8. The Hall–Kier alpha value is -6.53. The standard InChI is InChI=1S/C52H65F3N10O6/c1-29(2)44(60-50(68)70-5)48(66)63-24-10-12-42(63)46-56-35-17-14-31(26-37(35)58-46)39-20-21-40(65(39)33-16-19-41(34(28-33)52(53,54)55)62-22-8-7-9-23-62)32-15-18-36-38(27-32)59-47(57-36)43-13-11-25-64(43)49(67)45(30(3)4)61-51(69)71-6/h14-19,26-30,39-40,42-45H,7-13,20-25H2,1-6H3,(H,56,58)(H,57,59)(H,60,68)(H,61,69)/t39-,40-,42+,43+,44+,45+/m1/s1. The van der Waals surface area contributed by atoms with E-state index in [9.17, 15) is 19.2 Å². The van der Waals surface area contributed by atoms with Gasteiger partial charge in [0.2, 0.25) is 11.8 Å². The van der Waals surface area contributed by atoms with E-state index in [-0.39, 0.29) is 53.5 Å². The van der Waals surface area contributed by atoms with E-state index in [2.05, 4.69) is 25.5 Å². The number of aromatic amines is 2. The lowest BCUT2D eigenvalue weighted by molar-refractivity contribution is -0.137. The molecule has 0 unspecified atom stereocenters. The fraction of sp³-hybridized carbons (Fsp3) is 0.538. The first kappa shape index (κ1) is 49.5. The maximum absolute atomic E-state index is 15.2. The van der Waals surface area contributed by atoms with Crippen molar-refractivity contribution in [2.24, 2.45) is 11.8 Å². The molecule has 2 aromatic heterocycles. The molecule has 19 heteroatoms. The smallest absolute Gasteiger partial charge is 0.418 e. The van der Waals surface area contributed by atoms with Crippen LogP contribution in [0.25, 0.3) is 22.1 Å². The zero-order chi connectivity index (χ0) is 50.3. The van der Waals surface area contributed by atoms with Crippen LogP contribution in [0.3, 0.4) is 0 Å². The van der Waals surface area contributed by atoms with Crippen molar-refractivity contribution >= 4 is 57.4 Å². The number of nitrogens with zero attached hydrogens (tertiary/aromatic N) is 6. The van der Waals surface area contributed by atoms with Crippen molar-refractivity contribution in [1.82, 2.24) is 40.4 Å². The molecule has 4 aliphatic rings. The Morgan fingerprint density at radius 2 is 1.10 bits per heavy atom. The molecule has 4 amide bonds. The van der Waals surface area contributed by atoms with Crippen LogP contribution < -0.4 is 20.4 Å². The van der Waals surface area contributed by atoms with Gasteiger partial charge in [-0.2, -0.15) is 13.2 Å². The van der Waals surface area contributed by atoms with Gasteiger partial charge in [0.15, 0.2) is 0 Å². The molecule has 0 radical (unpaired) electrons. The zero-order valence-electron chi connectivity index (χ0n) is 41.3. The van der Waals surface area contributed by atoms with E-state index in [1.807, 2.05) is 75.1 Å². The van der Waals surface area contributed by atoms with Crippen molar-refractivity contribution in [3.8, 4) is 0 Å². The molecular weight excluding hydrogens is 918 g/mol. The minimum absolute atomic E-state index is 0.187. The van der Waals surface area contributed by atoms with Gasteiger partial charge in [0, 0.05) is 37.6 Å². The fourth-order valence-corrected chi connectivity index (χ4v) is 11.4. The van der Waals surface area contributed by atoms with Crippen molar-refractivity contribution < 1.29 is 41.8 Å². The molecule has 4 N–H and O–H groups in total. The molecule has 5 aromatic rings. The maximum Gasteiger partial charge on any atom is 0.418 e. The van der Waals surface area contributed by atoms with Gasteiger partial charge in [-0.15, -0.1) is 0 Å². The predicted octanol–water partition coefficient (Wildman–Crippen LogP) is 9.62. The Balaban J connectivity index is 1.05. The van der Waals surface area contributed by atoms with E-state index in [1.54, 1.807) is 15.9 Å². The summed E-state index contributed by atoms with van der Waals surface area (Å²) in [6.45, 7) is 9.63. The number of methoxy groups -OCH3 is 2. The van der Waals surface area contributed by atoms with Gasteiger partial charge in [-0.1, -0.05) is 39.8 Å². The summed E-state index contributed by atoms with van der Waals surface area (Å²) in [7, 11) is 2.53. The van der Waals surface area contributed by atoms with E-state index in [4.69, 9.17) is 19.4 Å². The Labute approximate surface area is 411 Å². The molecule has 0 spiro atoms. The monoisotopic (exact) mass is 983 g/mol. The normalized spacial score (nSPS) is 21.7. The van der Waals surface area contributed by atoms with Crippen molar-refractivity contribution in [1.29, 1.82) is 0 Å². The third kappa shape index (κ3) is 9.92. The number of piperidine rings is 1. The Bertz CT molecular complexity index is 2620. The number of H-pyrrole nitrogens is 2. The summed E-state index contributed by atoms with van der Waals surface area (Å²) in [6.07, 6.45) is 0.890. The summed E-state index contributed by atoms with van der Waals surface area (Å²) in [5.41, 5.74) is 4.71. The van der Waals surface area contributed by atoms with Crippen molar-refractivity contribution in [3.05, 3.63) is 82.9 Å². The van der Waals surface area contributed by atoms with Gasteiger partial charge in [-0.3, -0.25) is 9.59 Å². The van der Waals surface area contributed by atoms with Crippen LogP contribution in [0, 0.1) is 11.8 Å². The molecule has 4 saturated heterocycles. The lowest BCUT2D eigenvalue weighted by Crippen LogP contribution is -2.51. The highest BCUT2D eigenvalue weighted by Crippen LogP contribution is 2.50. The van der Waals surface area contributed by atoms with Crippen LogP contribution in [-0.2, 0) is 25.2 Å². The van der Waals surface area contributed by atoms with Gasteiger partial charge >= 0.3 is 18.4 Å². The number of halogens is 3. The van der Waals surface area contributed by atoms with Crippen LogP contribution in [0.2, 0.25) is 0 Å². The lowest BCUT2D eigenvalue weighted by Gasteiger charge is -2.35. The van der Waals surface area contributed by atoms with Crippen LogP contribution in [0.5, 0.6) is 0 Å². The number of carbonyl (C=O) groups is 4. The predicted molar refractivity (Wildman–Crippen MR) is 263 cm³/mol. The van der Waals surface area contributed by atoms with E-state index in [0.29, 0.717) is 80.2 Å². The number of nitrogens with one attached hydrogen (secondary N) is 4. The molecule has 6 atom stereocenters. The summed E-state index contributed by atoms with van der Waals surface area (Å²) in [5, 5.41) is 5.40. The highest BCUT2D eigenvalue weighted by molar-refractivity contribution is 5.88. The molecule has 0 saturated carbocycles. The highest BCUT2D eigenvalue weighted by atomic mass is 19.4. The number of ether oxygens (including phenoxy) is 2. The number of aromatic nitrogens is 4. The van der Waals surface area contributed by atoms with Crippen LogP contribution in [-0.4, -0.2) is 106 Å². The number of rotatable bonds is 12. The molecule has 71 heavy (non-hydrogen) atoms. The van der Waals surface area contributed by atoms with E-state index in [0.717, 1.165) is 54.3 Å². The first-order chi connectivity index (χ1) is 34.0. The average molecular weight is 983 g/mol. The number of fused-ring (bicyclic) bond motifs is 2. The number of alkyl halides is 3. The Morgan fingerprint density at radius 3 is 1.54 bits per heavy atom. The van der Waals surface area contributed by atoms with Crippen LogP contribution >= 0.6 is 0 Å². The number of likely N-dealkylation sites (tertiary alicyclic amines) is 2. The molecule has 16 nitrogen and oxygen atoms in total. The number of alkyl carbamates (subject to hydrolysis) is 2. The number of amides is 4. The van der Waals surface area contributed by atoms with Gasteiger partial charge in [-0.25, -0.2) is 19.6 Å². The Kier molecular flexibility index (Phi) is 14.1. The van der Waals surface area contributed by atoms with Gasteiger partial charge in [0.1, 0.15) is 23.7 Å². The number of hydrogen-bond acceptors (Lipinski definition) is 10. The molecule has 4 fully saturated rings. The number of anilines is 2. The van der Waals surface area contributed by atoms with E-state index < -0.39 is 36.0 Å². The summed E-state index contributed by atoms with van der Waals surface area (Å²) >= 11 is 0.